The molecule has 0 aliphatic rings. The van der Waals surface area contributed by atoms with Gasteiger partial charge >= 0.3 is 11.9 Å². The molecule has 2 aromatic carbocycles. The third-order valence-corrected chi connectivity index (χ3v) is 3.56. The summed E-state index contributed by atoms with van der Waals surface area (Å²) in [6.07, 6.45) is 1.97. The zero-order chi connectivity index (χ0) is 15.2. The minimum absolute atomic E-state index is 0.376. The van der Waals surface area contributed by atoms with Crippen LogP contribution in [-0.2, 0) is 4.74 Å². The highest BCUT2D eigenvalue weighted by Gasteiger charge is 2.10. The topological polar surface area (TPSA) is 52.6 Å². The van der Waals surface area contributed by atoms with Gasteiger partial charge in [-0.25, -0.2) is 9.59 Å². The average molecular weight is 302 g/mol. The molecule has 0 N–H and O–H groups in total. The number of esters is 2. The van der Waals surface area contributed by atoms with Gasteiger partial charge in [0.15, 0.2) is 0 Å². The maximum atomic E-state index is 12.0. The molecular formula is C16H14O4S. The third kappa shape index (κ3) is 3.86. The van der Waals surface area contributed by atoms with Gasteiger partial charge in [-0.2, -0.15) is 0 Å². The molecule has 0 fully saturated rings. The highest BCUT2D eigenvalue weighted by Crippen LogP contribution is 2.18. The molecule has 2 aromatic rings. The lowest BCUT2D eigenvalue weighted by atomic mass is 10.2. The van der Waals surface area contributed by atoms with Crippen LogP contribution >= 0.6 is 11.8 Å². The van der Waals surface area contributed by atoms with Gasteiger partial charge in [0.05, 0.1) is 18.2 Å². The first kappa shape index (κ1) is 15.1. The van der Waals surface area contributed by atoms with E-state index in [1.165, 1.54) is 7.11 Å². The summed E-state index contributed by atoms with van der Waals surface area (Å²) in [6.45, 7) is 0. The van der Waals surface area contributed by atoms with Gasteiger partial charge in [-0.1, -0.05) is 0 Å². The van der Waals surface area contributed by atoms with Gasteiger partial charge in [0, 0.05) is 4.90 Å². The highest BCUT2D eigenvalue weighted by atomic mass is 32.2. The van der Waals surface area contributed by atoms with E-state index in [2.05, 4.69) is 4.74 Å². The standard InChI is InChI=1S/C16H14O4S/c1-19-15(17)11-3-7-13(8-4-11)20-16(18)12-5-9-14(21-2)10-6-12/h3-10H,1-2H3. The lowest BCUT2D eigenvalue weighted by Crippen LogP contribution is -2.08. The van der Waals surface area contributed by atoms with E-state index in [-0.39, 0.29) is 0 Å². The molecule has 0 saturated heterocycles. The van der Waals surface area contributed by atoms with Gasteiger partial charge in [0.1, 0.15) is 5.75 Å². The Hall–Kier alpha value is -2.27. The molecule has 5 heteroatoms. The Balaban J connectivity index is 2.06. The minimum atomic E-state index is -0.437. The second kappa shape index (κ2) is 6.95. The summed E-state index contributed by atoms with van der Waals surface area (Å²) < 4.78 is 9.84. The van der Waals surface area contributed by atoms with Crippen molar-refractivity contribution in [2.24, 2.45) is 0 Å². The predicted molar refractivity (Wildman–Crippen MR) is 81.0 cm³/mol. The molecule has 0 aliphatic heterocycles. The monoisotopic (exact) mass is 302 g/mol. The number of ether oxygens (including phenoxy) is 2. The van der Waals surface area contributed by atoms with Crippen LogP contribution in [0.15, 0.2) is 53.4 Å². The molecule has 0 aliphatic carbocycles. The first-order chi connectivity index (χ1) is 10.1. The molecule has 0 saturated carbocycles. The lowest BCUT2D eigenvalue weighted by Gasteiger charge is -2.05. The van der Waals surface area contributed by atoms with E-state index in [4.69, 9.17) is 4.74 Å². The minimum Gasteiger partial charge on any atom is -0.465 e. The Bertz CT molecular complexity index is 632. The van der Waals surface area contributed by atoms with E-state index in [1.807, 2.05) is 18.4 Å². The SMILES string of the molecule is COC(=O)c1ccc(OC(=O)c2ccc(SC)cc2)cc1. The summed E-state index contributed by atoms with van der Waals surface area (Å²) >= 11 is 1.60. The van der Waals surface area contributed by atoms with Crippen LogP contribution in [0.25, 0.3) is 0 Å². The summed E-state index contributed by atoms with van der Waals surface area (Å²) in [6, 6.07) is 13.4. The van der Waals surface area contributed by atoms with E-state index >= 15 is 0 Å². The molecule has 4 nitrogen and oxygen atoms in total. The average Bonchev–Trinajstić information content (AvgIpc) is 2.55. The summed E-state index contributed by atoms with van der Waals surface area (Å²) in [5, 5.41) is 0. The van der Waals surface area contributed by atoms with Crippen LogP contribution < -0.4 is 4.74 Å². The molecule has 0 amide bonds. The second-order valence-corrected chi connectivity index (χ2v) is 5.01. The lowest BCUT2D eigenvalue weighted by molar-refractivity contribution is 0.0600. The summed E-state index contributed by atoms with van der Waals surface area (Å²) in [7, 11) is 1.31. The molecule has 0 aromatic heterocycles. The van der Waals surface area contributed by atoms with Crippen LogP contribution in [0.3, 0.4) is 0 Å². The maximum Gasteiger partial charge on any atom is 0.343 e. The van der Waals surface area contributed by atoms with Crippen molar-refractivity contribution in [1.29, 1.82) is 0 Å². The molecular weight excluding hydrogens is 288 g/mol. The van der Waals surface area contributed by atoms with Gasteiger partial charge < -0.3 is 9.47 Å². The van der Waals surface area contributed by atoms with Crippen molar-refractivity contribution < 1.29 is 19.1 Å². The zero-order valence-electron chi connectivity index (χ0n) is 11.7. The molecule has 0 unspecified atom stereocenters. The first-order valence-corrected chi connectivity index (χ1v) is 7.41. The number of thioether (sulfide) groups is 1. The largest absolute Gasteiger partial charge is 0.465 e. The fraction of sp³-hybridized carbons (Fsp3) is 0.125. The van der Waals surface area contributed by atoms with E-state index in [1.54, 1.807) is 48.2 Å². The maximum absolute atomic E-state index is 12.0. The molecule has 0 bridgehead atoms. The van der Waals surface area contributed by atoms with Gasteiger partial charge in [-0.3, -0.25) is 0 Å². The Morgan fingerprint density at radius 3 is 1.90 bits per heavy atom. The molecule has 0 spiro atoms. The number of hydrogen-bond donors (Lipinski definition) is 0. The van der Waals surface area contributed by atoms with Crippen LogP contribution in [0, 0.1) is 0 Å². The summed E-state index contributed by atoms with van der Waals surface area (Å²) in [5.41, 5.74) is 0.881. The van der Waals surface area contributed by atoms with Crippen LogP contribution in [0.5, 0.6) is 5.75 Å². The van der Waals surface area contributed by atoms with E-state index in [0.717, 1.165) is 4.90 Å². The van der Waals surface area contributed by atoms with Crippen molar-refractivity contribution in [3.05, 3.63) is 59.7 Å². The van der Waals surface area contributed by atoms with Gasteiger partial charge in [-0.15, -0.1) is 11.8 Å². The Morgan fingerprint density at radius 2 is 1.38 bits per heavy atom. The fourth-order valence-electron chi connectivity index (χ4n) is 1.67. The van der Waals surface area contributed by atoms with Crippen LogP contribution in [0.1, 0.15) is 20.7 Å². The van der Waals surface area contributed by atoms with Crippen LogP contribution in [0.4, 0.5) is 0 Å². The summed E-state index contributed by atoms with van der Waals surface area (Å²) in [4.78, 5) is 24.3. The predicted octanol–water partition coefficient (Wildman–Crippen LogP) is 3.41. The Labute approximate surface area is 127 Å². The van der Waals surface area contributed by atoms with E-state index in [9.17, 15) is 9.59 Å². The quantitative estimate of drug-likeness (QED) is 0.492. The fourth-order valence-corrected chi connectivity index (χ4v) is 2.08. The summed E-state index contributed by atoms with van der Waals surface area (Å²) in [5.74, 6) is -0.490. The number of carbonyl (C=O) groups is 2. The van der Waals surface area contributed by atoms with Gasteiger partial charge in [0.2, 0.25) is 0 Å². The van der Waals surface area contributed by atoms with Crippen molar-refractivity contribution in [1.82, 2.24) is 0 Å². The van der Waals surface area contributed by atoms with Crippen molar-refractivity contribution >= 4 is 23.7 Å². The molecule has 0 atom stereocenters. The van der Waals surface area contributed by atoms with Crippen molar-refractivity contribution in [2.45, 2.75) is 4.90 Å². The third-order valence-electron chi connectivity index (χ3n) is 2.81. The van der Waals surface area contributed by atoms with Crippen molar-refractivity contribution in [3.63, 3.8) is 0 Å². The molecule has 21 heavy (non-hydrogen) atoms. The smallest absolute Gasteiger partial charge is 0.343 e. The zero-order valence-corrected chi connectivity index (χ0v) is 12.5. The Kier molecular flexibility index (Phi) is 5.00. The van der Waals surface area contributed by atoms with Crippen LogP contribution in [-0.4, -0.2) is 25.3 Å². The normalized spacial score (nSPS) is 10.0. The Morgan fingerprint density at radius 1 is 0.857 bits per heavy atom. The number of carbonyl (C=O) groups excluding carboxylic acids is 2. The van der Waals surface area contributed by atoms with Gasteiger partial charge in [0.25, 0.3) is 0 Å². The van der Waals surface area contributed by atoms with Crippen molar-refractivity contribution in [2.75, 3.05) is 13.4 Å². The van der Waals surface area contributed by atoms with Crippen LogP contribution in [0.2, 0.25) is 0 Å². The number of benzene rings is 2. The van der Waals surface area contributed by atoms with E-state index in [0.29, 0.717) is 16.9 Å². The molecule has 2 rings (SSSR count). The molecule has 108 valence electrons. The number of hydrogen-bond acceptors (Lipinski definition) is 5. The first-order valence-electron chi connectivity index (χ1n) is 6.18. The van der Waals surface area contributed by atoms with E-state index < -0.39 is 11.9 Å². The molecule has 0 radical (unpaired) electrons. The molecule has 0 heterocycles. The number of methoxy groups -OCH3 is 1. The number of rotatable bonds is 4. The highest BCUT2D eigenvalue weighted by molar-refractivity contribution is 7.98. The second-order valence-electron chi connectivity index (χ2n) is 4.13. The van der Waals surface area contributed by atoms with Gasteiger partial charge in [-0.05, 0) is 54.8 Å². The van der Waals surface area contributed by atoms with Crippen molar-refractivity contribution in [3.8, 4) is 5.75 Å².